The van der Waals surface area contributed by atoms with Crippen molar-refractivity contribution in [3.05, 3.63) is 24.3 Å². The Labute approximate surface area is 171 Å². The molecule has 0 rings (SSSR count). The molecule has 1 atom stereocenters. The lowest BCUT2D eigenvalue weighted by Gasteiger charge is -2.38. The van der Waals surface area contributed by atoms with Gasteiger partial charge in [-0.25, -0.2) is 0 Å². The van der Waals surface area contributed by atoms with Gasteiger partial charge in [0.25, 0.3) is 0 Å². The van der Waals surface area contributed by atoms with Crippen molar-refractivity contribution in [2.75, 3.05) is 6.61 Å². The summed E-state index contributed by atoms with van der Waals surface area (Å²) in [4.78, 5) is 0. The third kappa shape index (κ3) is 9.89. The second-order valence-corrected chi connectivity index (χ2v) is 19.9. The van der Waals surface area contributed by atoms with Gasteiger partial charge in [-0.05, 0) is 61.6 Å². The molecule has 0 aromatic rings. The number of hydrogen-bond donors (Lipinski definition) is 0. The van der Waals surface area contributed by atoms with Crippen LogP contribution < -0.4 is 0 Å². The molecule has 0 fully saturated rings. The fourth-order valence-electron chi connectivity index (χ4n) is 1.96. The number of hydrogen-bond acceptors (Lipinski definition) is 3. The van der Waals surface area contributed by atoms with Crippen molar-refractivity contribution in [3.63, 3.8) is 0 Å². The van der Waals surface area contributed by atoms with Gasteiger partial charge in [-0.3, -0.25) is 0 Å². The number of nitrogens with zero attached hydrogens (tertiary/aromatic N) is 1. The first-order valence-corrected chi connectivity index (χ1v) is 16.0. The Balaban J connectivity index is 4.49. The van der Waals surface area contributed by atoms with Crippen LogP contribution >= 0.6 is 0 Å². The SMILES string of the molecule is CC(C)(C)[Si](C)(C)OCCC/C=C\C[C@@H](/C=C/C#N)O[Si](C)(C)C(C)(C)C. The van der Waals surface area contributed by atoms with Crippen LogP contribution in [0.15, 0.2) is 24.3 Å². The average molecular weight is 410 g/mol. The minimum absolute atomic E-state index is 0.0229. The van der Waals surface area contributed by atoms with E-state index in [1.165, 1.54) is 0 Å². The Hall–Kier alpha value is -0.676. The smallest absolute Gasteiger partial charge is 0.192 e. The van der Waals surface area contributed by atoms with Gasteiger partial charge in [-0.1, -0.05) is 53.7 Å². The standard InChI is InChI=1S/C22H43NO2Si2/c1-21(2,3)26(7,8)24-19-14-12-11-13-16-20(17-15-18-23)25-27(9,10)22(4,5)6/h11,13,15,17,20H,12,14,16,19H2,1-10H3/b13-11-,17-15+/t20-/m0/s1. The maximum Gasteiger partial charge on any atom is 0.192 e. The number of allylic oxidation sites excluding steroid dienone is 2. The van der Waals surface area contributed by atoms with Crippen LogP contribution in [0.2, 0.25) is 36.3 Å². The molecule has 0 heterocycles. The molecule has 0 amide bonds. The largest absolute Gasteiger partial charge is 0.417 e. The maximum absolute atomic E-state index is 8.86. The van der Waals surface area contributed by atoms with Gasteiger partial charge in [0.05, 0.1) is 12.2 Å². The minimum atomic E-state index is -1.85. The molecule has 0 radical (unpaired) electrons. The summed E-state index contributed by atoms with van der Waals surface area (Å²) < 4.78 is 12.7. The normalized spacial score (nSPS) is 15.4. The van der Waals surface area contributed by atoms with Crippen molar-refractivity contribution in [1.82, 2.24) is 0 Å². The predicted octanol–water partition coefficient (Wildman–Crippen LogP) is 7.20. The highest BCUT2D eigenvalue weighted by molar-refractivity contribution is 6.74. The van der Waals surface area contributed by atoms with Crippen LogP contribution in [0, 0.1) is 11.3 Å². The summed E-state index contributed by atoms with van der Waals surface area (Å²) in [5.74, 6) is 0. The molecular weight excluding hydrogens is 366 g/mol. The molecule has 5 heteroatoms. The molecule has 27 heavy (non-hydrogen) atoms. The highest BCUT2D eigenvalue weighted by Crippen LogP contribution is 2.38. The first-order chi connectivity index (χ1) is 12.1. The van der Waals surface area contributed by atoms with Gasteiger partial charge in [0.15, 0.2) is 16.6 Å². The fourth-order valence-corrected chi connectivity index (χ4v) is 4.34. The summed E-state index contributed by atoms with van der Waals surface area (Å²) in [5.41, 5.74) is 0. The van der Waals surface area contributed by atoms with Crippen molar-refractivity contribution in [2.45, 2.75) is 103 Å². The molecule has 0 aliphatic carbocycles. The molecule has 0 aromatic heterocycles. The average Bonchev–Trinajstić information content (AvgIpc) is 2.48. The molecule has 0 aliphatic rings. The quantitative estimate of drug-likeness (QED) is 0.166. The Morgan fingerprint density at radius 3 is 1.96 bits per heavy atom. The zero-order valence-electron chi connectivity index (χ0n) is 19.5. The van der Waals surface area contributed by atoms with E-state index in [4.69, 9.17) is 14.1 Å². The Bertz CT molecular complexity index is 532. The topological polar surface area (TPSA) is 42.2 Å². The van der Waals surface area contributed by atoms with Gasteiger partial charge in [0.1, 0.15) is 0 Å². The second-order valence-electron chi connectivity index (χ2n) is 10.4. The van der Waals surface area contributed by atoms with Gasteiger partial charge < -0.3 is 8.85 Å². The Morgan fingerprint density at radius 2 is 1.48 bits per heavy atom. The molecule has 3 nitrogen and oxygen atoms in total. The van der Waals surface area contributed by atoms with Crippen molar-refractivity contribution in [3.8, 4) is 6.07 Å². The van der Waals surface area contributed by atoms with E-state index in [2.05, 4.69) is 86.0 Å². The molecule has 0 N–H and O–H groups in total. The number of rotatable bonds is 10. The van der Waals surface area contributed by atoms with E-state index in [9.17, 15) is 0 Å². The third-order valence-electron chi connectivity index (χ3n) is 5.96. The van der Waals surface area contributed by atoms with E-state index in [-0.39, 0.29) is 16.2 Å². The van der Waals surface area contributed by atoms with Gasteiger partial charge >= 0.3 is 0 Å². The molecule has 0 aromatic carbocycles. The maximum atomic E-state index is 8.86. The molecule has 0 bridgehead atoms. The molecule has 156 valence electrons. The predicted molar refractivity (Wildman–Crippen MR) is 123 cm³/mol. The van der Waals surface area contributed by atoms with Crippen LogP contribution in [0.1, 0.15) is 60.8 Å². The van der Waals surface area contributed by atoms with Crippen LogP contribution in [0.25, 0.3) is 0 Å². The minimum Gasteiger partial charge on any atom is -0.417 e. The molecule has 0 unspecified atom stereocenters. The molecule has 0 spiro atoms. The van der Waals surface area contributed by atoms with Crippen LogP contribution in [0.3, 0.4) is 0 Å². The number of nitriles is 1. The van der Waals surface area contributed by atoms with E-state index in [1.54, 1.807) is 6.08 Å². The van der Waals surface area contributed by atoms with Crippen LogP contribution in [-0.2, 0) is 8.85 Å². The summed E-state index contributed by atoms with van der Waals surface area (Å²) in [5, 5.41) is 9.29. The lowest BCUT2D eigenvalue weighted by Crippen LogP contribution is -2.43. The first kappa shape index (κ1) is 26.3. The van der Waals surface area contributed by atoms with E-state index in [0.29, 0.717) is 0 Å². The molecule has 0 aliphatic heterocycles. The Kier molecular flexibility index (Phi) is 10.5. The summed E-state index contributed by atoms with van der Waals surface area (Å²) >= 11 is 0. The van der Waals surface area contributed by atoms with Crippen molar-refractivity contribution >= 4 is 16.6 Å². The lowest BCUT2D eigenvalue weighted by atomic mass is 10.2. The van der Waals surface area contributed by atoms with E-state index >= 15 is 0 Å². The zero-order valence-corrected chi connectivity index (χ0v) is 21.5. The van der Waals surface area contributed by atoms with E-state index < -0.39 is 16.6 Å². The summed E-state index contributed by atoms with van der Waals surface area (Å²) in [7, 11) is -3.48. The van der Waals surface area contributed by atoms with Crippen LogP contribution in [-0.4, -0.2) is 29.3 Å². The first-order valence-electron chi connectivity index (χ1n) is 10.2. The fraction of sp³-hybridized carbons (Fsp3) is 0.773. The van der Waals surface area contributed by atoms with Crippen molar-refractivity contribution < 1.29 is 8.85 Å². The highest BCUT2D eigenvalue weighted by atomic mass is 28.4. The molecular formula is C22H43NO2Si2. The van der Waals surface area contributed by atoms with E-state index in [1.807, 2.05) is 6.08 Å². The Morgan fingerprint density at radius 1 is 0.926 bits per heavy atom. The van der Waals surface area contributed by atoms with Crippen molar-refractivity contribution in [1.29, 1.82) is 5.26 Å². The van der Waals surface area contributed by atoms with Gasteiger partial charge in [-0.15, -0.1) is 0 Å². The van der Waals surface area contributed by atoms with Gasteiger partial charge in [0, 0.05) is 12.7 Å². The summed E-state index contributed by atoms with van der Waals surface area (Å²) in [6.45, 7) is 23.5. The third-order valence-corrected chi connectivity index (χ3v) is 15.0. The highest BCUT2D eigenvalue weighted by Gasteiger charge is 2.38. The summed E-state index contributed by atoms with van der Waals surface area (Å²) in [6.07, 6.45) is 10.7. The number of unbranched alkanes of at least 4 members (excludes halogenated alkanes) is 1. The van der Waals surface area contributed by atoms with E-state index in [0.717, 1.165) is 25.9 Å². The molecule has 0 saturated carbocycles. The van der Waals surface area contributed by atoms with Gasteiger partial charge in [0.2, 0.25) is 0 Å². The van der Waals surface area contributed by atoms with Crippen molar-refractivity contribution in [2.24, 2.45) is 0 Å². The zero-order chi connectivity index (χ0) is 21.4. The molecule has 0 saturated heterocycles. The second kappa shape index (κ2) is 10.8. The van der Waals surface area contributed by atoms with Gasteiger partial charge in [-0.2, -0.15) is 5.26 Å². The van der Waals surface area contributed by atoms with Crippen LogP contribution in [0.4, 0.5) is 0 Å². The lowest BCUT2D eigenvalue weighted by molar-refractivity contribution is 0.228. The monoisotopic (exact) mass is 409 g/mol. The van der Waals surface area contributed by atoms with Crippen LogP contribution in [0.5, 0.6) is 0 Å². The summed E-state index contributed by atoms with van der Waals surface area (Å²) in [6, 6.07) is 2.09.